The van der Waals surface area contributed by atoms with Crippen LogP contribution in [0.2, 0.25) is 0 Å². The number of fused-ring (bicyclic) bond motifs is 1. The first kappa shape index (κ1) is 19.5. The third-order valence-electron chi connectivity index (χ3n) is 5.12. The molecule has 3 aromatic rings. The molecule has 0 radical (unpaired) electrons. The molecule has 0 amide bonds. The number of aromatic amines is 1. The van der Waals surface area contributed by atoms with Gasteiger partial charge >= 0.3 is 0 Å². The van der Waals surface area contributed by atoms with E-state index in [9.17, 15) is 0 Å². The van der Waals surface area contributed by atoms with Crippen LogP contribution < -0.4 is 10.5 Å². The van der Waals surface area contributed by atoms with Crippen molar-refractivity contribution in [3.8, 4) is 17.0 Å². The summed E-state index contributed by atoms with van der Waals surface area (Å²) in [5.74, 6) is 0.920. The Balaban J connectivity index is 1.99. The molecular weight excluding hydrogens is 332 g/mol. The maximum atomic E-state index is 5.73. The third kappa shape index (κ3) is 4.72. The van der Waals surface area contributed by atoms with Gasteiger partial charge in [0.1, 0.15) is 5.75 Å². The Kier molecular flexibility index (Phi) is 6.94. The van der Waals surface area contributed by atoms with Gasteiger partial charge in [0.05, 0.1) is 6.61 Å². The Labute approximate surface area is 162 Å². The van der Waals surface area contributed by atoms with Gasteiger partial charge in [-0.1, -0.05) is 19.4 Å². The Morgan fingerprint density at radius 3 is 2.44 bits per heavy atom. The molecule has 0 aliphatic carbocycles. The van der Waals surface area contributed by atoms with E-state index in [1.807, 2.05) is 6.92 Å². The van der Waals surface area contributed by atoms with Crippen molar-refractivity contribution in [1.29, 1.82) is 0 Å². The summed E-state index contributed by atoms with van der Waals surface area (Å²) in [6.45, 7) is 5.70. The van der Waals surface area contributed by atoms with Crippen LogP contribution in [-0.2, 0) is 12.8 Å². The molecule has 0 aliphatic rings. The van der Waals surface area contributed by atoms with Gasteiger partial charge in [0.25, 0.3) is 0 Å². The van der Waals surface area contributed by atoms with Gasteiger partial charge in [0.15, 0.2) is 0 Å². The van der Waals surface area contributed by atoms with Gasteiger partial charge in [-0.05, 0) is 98.7 Å². The van der Waals surface area contributed by atoms with Crippen LogP contribution in [0.1, 0.15) is 50.7 Å². The van der Waals surface area contributed by atoms with Gasteiger partial charge in [-0.15, -0.1) is 0 Å². The van der Waals surface area contributed by atoms with E-state index in [2.05, 4.69) is 54.4 Å². The molecule has 0 bridgehead atoms. The zero-order valence-electron chi connectivity index (χ0n) is 16.7. The molecular formula is C24H32N2O. The molecule has 0 aliphatic heterocycles. The molecule has 0 saturated carbocycles. The topological polar surface area (TPSA) is 51.0 Å². The average Bonchev–Trinajstić information content (AvgIpc) is 3.05. The Hall–Kier alpha value is -2.26. The lowest BCUT2D eigenvalue weighted by atomic mass is 9.98. The average molecular weight is 365 g/mol. The number of unbranched alkanes of at least 4 members (excludes halogenated alkanes) is 2. The Bertz CT molecular complexity index is 849. The summed E-state index contributed by atoms with van der Waals surface area (Å²) in [6.07, 6.45) is 6.85. The molecule has 1 heterocycles. The van der Waals surface area contributed by atoms with Crippen LogP contribution in [0.25, 0.3) is 22.2 Å². The van der Waals surface area contributed by atoms with Crippen molar-refractivity contribution in [3.05, 3.63) is 53.6 Å². The van der Waals surface area contributed by atoms with Crippen molar-refractivity contribution < 1.29 is 4.74 Å². The highest BCUT2D eigenvalue weighted by atomic mass is 16.5. The molecule has 0 atom stereocenters. The summed E-state index contributed by atoms with van der Waals surface area (Å²) in [5.41, 5.74) is 12.3. The van der Waals surface area contributed by atoms with Gasteiger partial charge in [-0.25, -0.2) is 0 Å². The van der Waals surface area contributed by atoms with Crippen LogP contribution in [-0.4, -0.2) is 18.1 Å². The predicted molar refractivity (Wildman–Crippen MR) is 116 cm³/mol. The number of benzene rings is 2. The number of hydrogen-bond acceptors (Lipinski definition) is 2. The summed E-state index contributed by atoms with van der Waals surface area (Å²) in [5, 5.41) is 1.37. The van der Waals surface area contributed by atoms with E-state index in [1.165, 1.54) is 46.1 Å². The van der Waals surface area contributed by atoms with Crippen LogP contribution in [0.15, 0.2) is 42.5 Å². The zero-order valence-corrected chi connectivity index (χ0v) is 16.7. The van der Waals surface area contributed by atoms with Crippen LogP contribution in [0.5, 0.6) is 5.75 Å². The van der Waals surface area contributed by atoms with Gasteiger partial charge in [0, 0.05) is 16.6 Å². The number of aryl methyl sites for hydroxylation is 2. The van der Waals surface area contributed by atoms with Crippen LogP contribution in [0.4, 0.5) is 0 Å². The van der Waals surface area contributed by atoms with Crippen LogP contribution in [0.3, 0.4) is 0 Å². The Morgan fingerprint density at radius 2 is 1.74 bits per heavy atom. The number of aromatic nitrogens is 1. The second kappa shape index (κ2) is 9.61. The second-order valence-corrected chi connectivity index (χ2v) is 7.17. The molecule has 3 nitrogen and oxygen atoms in total. The molecule has 27 heavy (non-hydrogen) atoms. The standard InChI is InChI=1S/C24H32N2O/c1-3-5-8-18-10-15-23-22(17-18)21(9-6-7-16-25)24(26-23)19-11-13-20(14-12-19)27-4-2/h10-15,17,26H,3-9,16,25H2,1-2H3. The Morgan fingerprint density at radius 1 is 0.926 bits per heavy atom. The van der Waals surface area contributed by atoms with Crippen molar-refractivity contribution >= 4 is 10.9 Å². The highest BCUT2D eigenvalue weighted by Crippen LogP contribution is 2.33. The number of rotatable bonds is 10. The third-order valence-corrected chi connectivity index (χ3v) is 5.12. The van der Waals surface area contributed by atoms with Gasteiger partial charge in [-0.3, -0.25) is 0 Å². The molecule has 3 N–H and O–H groups in total. The monoisotopic (exact) mass is 364 g/mol. The van der Waals surface area contributed by atoms with Gasteiger partial charge < -0.3 is 15.5 Å². The number of H-pyrrole nitrogens is 1. The lowest BCUT2D eigenvalue weighted by Gasteiger charge is -2.08. The van der Waals surface area contributed by atoms with Crippen molar-refractivity contribution in [2.45, 2.75) is 52.4 Å². The zero-order chi connectivity index (χ0) is 19.1. The fourth-order valence-electron chi connectivity index (χ4n) is 3.67. The fourth-order valence-corrected chi connectivity index (χ4v) is 3.67. The molecule has 0 fully saturated rings. The van der Waals surface area contributed by atoms with E-state index in [1.54, 1.807) is 0 Å². The fraction of sp³-hybridized carbons (Fsp3) is 0.417. The second-order valence-electron chi connectivity index (χ2n) is 7.17. The van der Waals surface area contributed by atoms with Crippen molar-refractivity contribution in [2.75, 3.05) is 13.2 Å². The molecule has 0 saturated heterocycles. The van der Waals surface area contributed by atoms with Gasteiger partial charge in [0.2, 0.25) is 0 Å². The summed E-state index contributed by atoms with van der Waals surface area (Å²) in [6, 6.07) is 15.3. The highest BCUT2D eigenvalue weighted by Gasteiger charge is 2.14. The lowest BCUT2D eigenvalue weighted by molar-refractivity contribution is 0.340. The molecule has 1 aromatic heterocycles. The minimum atomic E-state index is 0.691. The van der Waals surface area contributed by atoms with E-state index in [4.69, 9.17) is 10.5 Å². The first-order valence-corrected chi connectivity index (χ1v) is 10.3. The first-order chi connectivity index (χ1) is 13.3. The van der Waals surface area contributed by atoms with Crippen LogP contribution in [0, 0.1) is 0 Å². The summed E-state index contributed by atoms with van der Waals surface area (Å²) < 4.78 is 5.59. The maximum Gasteiger partial charge on any atom is 0.119 e. The number of ether oxygens (including phenoxy) is 1. The number of nitrogens with two attached hydrogens (primary N) is 1. The minimum absolute atomic E-state index is 0.691. The number of nitrogens with one attached hydrogen (secondary N) is 1. The summed E-state index contributed by atoms with van der Waals surface area (Å²) in [7, 11) is 0. The number of hydrogen-bond donors (Lipinski definition) is 2. The summed E-state index contributed by atoms with van der Waals surface area (Å²) in [4.78, 5) is 3.67. The molecule has 0 unspecified atom stereocenters. The summed E-state index contributed by atoms with van der Waals surface area (Å²) >= 11 is 0. The normalized spacial score (nSPS) is 11.2. The molecule has 0 spiro atoms. The van der Waals surface area contributed by atoms with E-state index in [-0.39, 0.29) is 0 Å². The predicted octanol–water partition coefficient (Wildman–Crippen LogP) is 5.86. The molecule has 3 rings (SSSR count). The molecule has 3 heteroatoms. The van der Waals surface area contributed by atoms with Crippen molar-refractivity contribution in [3.63, 3.8) is 0 Å². The van der Waals surface area contributed by atoms with Crippen molar-refractivity contribution in [2.24, 2.45) is 5.73 Å². The van der Waals surface area contributed by atoms with Crippen molar-refractivity contribution in [1.82, 2.24) is 4.98 Å². The highest BCUT2D eigenvalue weighted by molar-refractivity contribution is 5.91. The van der Waals surface area contributed by atoms with Crippen LogP contribution >= 0.6 is 0 Å². The maximum absolute atomic E-state index is 5.73. The first-order valence-electron chi connectivity index (χ1n) is 10.3. The quantitative estimate of drug-likeness (QED) is 0.443. The smallest absolute Gasteiger partial charge is 0.119 e. The van der Waals surface area contributed by atoms with E-state index >= 15 is 0 Å². The van der Waals surface area contributed by atoms with E-state index in [0.29, 0.717) is 6.61 Å². The van der Waals surface area contributed by atoms with E-state index < -0.39 is 0 Å². The molecule has 144 valence electrons. The minimum Gasteiger partial charge on any atom is -0.494 e. The largest absolute Gasteiger partial charge is 0.494 e. The SMILES string of the molecule is CCCCc1ccc2[nH]c(-c3ccc(OCC)cc3)c(CCCCN)c2c1. The molecule has 2 aromatic carbocycles. The lowest BCUT2D eigenvalue weighted by Crippen LogP contribution is -1.99. The van der Waals surface area contributed by atoms with E-state index in [0.717, 1.165) is 38.0 Å². The van der Waals surface area contributed by atoms with Gasteiger partial charge in [-0.2, -0.15) is 0 Å².